The summed E-state index contributed by atoms with van der Waals surface area (Å²) in [5.41, 5.74) is 1.57. The first kappa shape index (κ1) is 21.6. The third kappa shape index (κ3) is 4.66. The number of piperidine rings is 1. The Morgan fingerprint density at radius 2 is 1.93 bits per heavy atom. The number of aromatic hydroxyl groups is 1. The fourth-order valence-corrected chi connectivity index (χ4v) is 5.51. The van der Waals surface area contributed by atoms with Crippen LogP contribution in [0.2, 0.25) is 0 Å². The molecule has 1 amide bonds. The van der Waals surface area contributed by atoms with Crippen LogP contribution in [0.4, 0.5) is 0 Å². The summed E-state index contributed by atoms with van der Waals surface area (Å²) in [6.07, 6.45) is 7.07. The highest BCUT2D eigenvalue weighted by molar-refractivity contribution is 5.97. The largest absolute Gasteiger partial charge is 0.507 e. The van der Waals surface area contributed by atoms with Gasteiger partial charge in [0.05, 0.1) is 24.4 Å². The van der Waals surface area contributed by atoms with Gasteiger partial charge in [-0.05, 0) is 76.5 Å². The number of carbonyl (C=O) groups excluding carboxylic acids is 1. The highest BCUT2D eigenvalue weighted by atomic mass is 16.5. The Bertz CT molecular complexity index is 752. The Morgan fingerprint density at radius 3 is 2.63 bits per heavy atom. The highest BCUT2D eigenvalue weighted by Gasteiger charge is 2.43. The SMILES string of the molecule is Cc1ccc(O)c(C(=O)N2CCC3(CC2)COC(CN(C)C2CCC(O)CC2)C3)c1. The van der Waals surface area contributed by atoms with Crippen molar-refractivity contribution >= 4 is 5.91 Å². The number of phenols is 1. The average Bonchev–Trinajstić information content (AvgIpc) is 3.12. The predicted molar refractivity (Wildman–Crippen MR) is 116 cm³/mol. The molecule has 0 aromatic heterocycles. The minimum Gasteiger partial charge on any atom is -0.507 e. The molecule has 1 unspecified atom stereocenters. The number of nitrogens with zero attached hydrogens (tertiary/aromatic N) is 2. The quantitative estimate of drug-likeness (QED) is 0.790. The number of amides is 1. The van der Waals surface area contributed by atoms with E-state index in [1.54, 1.807) is 12.1 Å². The van der Waals surface area contributed by atoms with E-state index in [4.69, 9.17) is 4.74 Å². The van der Waals surface area contributed by atoms with Crippen LogP contribution in [-0.4, -0.2) is 77.5 Å². The first-order valence-corrected chi connectivity index (χ1v) is 11.4. The molecule has 2 heterocycles. The van der Waals surface area contributed by atoms with Crippen LogP contribution in [0.25, 0.3) is 0 Å². The topological polar surface area (TPSA) is 73.2 Å². The number of hydrogen-bond acceptors (Lipinski definition) is 5. The van der Waals surface area contributed by atoms with Crippen molar-refractivity contribution in [2.45, 2.75) is 70.1 Å². The van der Waals surface area contributed by atoms with E-state index in [9.17, 15) is 15.0 Å². The number of aryl methyl sites for hydroxylation is 1. The van der Waals surface area contributed by atoms with E-state index in [2.05, 4.69) is 11.9 Å². The van der Waals surface area contributed by atoms with Crippen molar-refractivity contribution in [2.75, 3.05) is 33.3 Å². The van der Waals surface area contributed by atoms with Crippen molar-refractivity contribution in [1.29, 1.82) is 0 Å². The Kier molecular flexibility index (Phi) is 6.37. The first-order chi connectivity index (χ1) is 14.3. The van der Waals surface area contributed by atoms with Gasteiger partial charge in [-0.3, -0.25) is 4.79 Å². The standard InChI is InChI=1S/C24H36N2O4/c1-17-3-8-22(28)21(13-17)23(29)26-11-9-24(10-12-26)14-20(30-16-24)15-25(2)18-4-6-19(27)7-5-18/h3,8,13,18-20,27-28H,4-7,9-12,14-16H2,1-2H3. The molecule has 2 aliphatic heterocycles. The predicted octanol–water partition coefficient (Wildman–Crippen LogP) is 2.95. The minimum absolute atomic E-state index is 0.0634. The molecule has 1 atom stereocenters. The number of likely N-dealkylation sites (N-methyl/N-ethyl adjacent to an activating group) is 1. The van der Waals surface area contributed by atoms with Gasteiger partial charge < -0.3 is 24.7 Å². The van der Waals surface area contributed by atoms with Crippen LogP contribution in [0, 0.1) is 12.3 Å². The fraction of sp³-hybridized carbons (Fsp3) is 0.708. The summed E-state index contributed by atoms with van der Waals surface area (Å²) in [7, 11) is 2.19. The maximum atomic E-state index is 12.9. The number of aliphatic hydroxyl groups is 1. The number of rotatable bonds is 4. The molecule has 166 valence electrons. The van der Waals surface area contributed by atoms with Gasteiger partial charge in [0.25, 0.3) is 5.91 Å². The Hall–Kier alpha value is -1.63. The van der Waals surface area contributed by atoms with Crippen molar-refractivity contribution in [3.8, 4) is 5.75 Å². The van der Waals surface area contributed by atoms with Gasteiger partial charge >= 0.3 is 0 Å². The van der Waals surface area contributed by atoms with E-state index < -0.39 is 0 Å². The summed E-state index contributed by atoms with van der Waals surface area (Å²) in [5.74, 6) is -0.00541. The van der Waals surface area contributed by atoms with Crippen molar-refractivity contribution in [2.24, 2.45) is 5.41 Å². The molecule has 3 aliphatic rings. The molecule has 1 aliphatic carbocycles. The number of likely N-dealkylation sites (tertiary alicyclic amines) is 1. The molecular weight excluding hydrogens is 380 g/mol. The molecule has 3 fully saturated rings. The number of carbonyl (C=O) groups is 1. The van der Waals surface area contributed by atoms with Gasteiger partial charge in [-0.1, -0.05) is 11.6 Å². The lowest BCUT2D eigenvalue weighted by atomic mass is 9.76. The van der Waals surface area contributed by atoms with E-state index in [1.807, 2.05) is 17.9 Å². The van der Waals surface area contributed by atoms with E-state index >= 15 is 0 Å². The van der Waals surface area contributed by atoms with Gasteiger partial charge in [0.2, 0.25) is 0 Å². The van der Waals surface area contributed by atoms with E-state index in [-0.39, 0.29) is 29.3 Å². The van der Waals surface area contributed by atoms with Crippen LogP contribution < -0.4 is 0 Å². The molecule has 2 saturated heterocycles. The highest BCUT2D eigenvalue weighted by Crippen LogP contribution is 2.42. The zero-order valence-corrected chi connectivity index (χ0v) is 18.3. The number of phenolic OH excluding ortho intramolecular Hbond substituents is 1. The number of hydrogen-bond donors (Lipinski definition) is 2. The second kappa shape index (κ2) is 8.85. The maximum absolute atomic E-state index is 12.9. The average molecular weight is 417 g/mol. The maximum Gasteiger partial charge on any atom is 0.257 e. The molecule has 1 saturated carbocycles. The summed E-state index contributed by atoms with van der Waals surface area (Å²) >= 11 is 0. The molecular formula is C24H36N2O4. The Balaban J connectivity index is 1.28. The molecule has 2 N–H and O–H groups in total. The van der Waals surface area contributed by atoms with Crippen LogP contribution >= 0.6 is 0 Å². The lowest BCUT2D eigenvalue weighted by molar-refractivity contribution is 0.0335. The Morgan fingerprint density at radius 1 is 1.23 bits per heavy atom. The van der Waals surface area contributed by atoms with Gasteiger partial charge in [-0.15, -0.1) is 0 Å². The summed E-state index contributed by atoms with van der Waals surface area (Å²) in [6, 6.07) is 5.75. The smallest absolute Gasteiger partial charge is 0.257 e. The second-order valence-electron chi connectivity index (χ2n) is 9.85. The number of aliphatic hydroxyl groups excluding tert-OH is 1. The first-order valence-electron chi connectivity index (χ1n) is 11.4. The van der Waals surface area contributed by atoms with Gasteiger partial charge in [-0.25, -0.2) is 0 Å². The van der Waals surface area contributed by atoms with E-state index in [0.717, 1.165) is 76.8 Å². The third-order valence-electron chi connectivity index (χ3n) is 7.56. The summed E-state index contributed by atoms with van der Waals surface area (Å²) in [5, 5.41) is 19.8. The number of ether oxygens (including phenoxy) is 1. The molecule has 1 aromatic carbocycles. The van der Waals surface area contributed by atoms with E-state index in [1.165, 1.54) is 0 Å². The normalized spacial score (nSPS) is 28.9. The lowest BCUT2D eigenvalue weighted by Crippen LogP contribution is -2.44. The molecule has 30 heavy (non-hydrogen) atoms. The van der Waals surface area contributed by atoms with Crippen LogP contribution in [0.5, 0.6) is 5.75 Å². The van der Waals surface area contributed by atoms with Crippen molar-refractivity contribution in [3.05, 3.63) is 29.3 Å². The zero-order chi connectivity index (χ0) is 21.3. The molecule has 1 spiro atoms. The minimum atomic E-state index is -0.116. The second-order valence-corrected chi connectivity index (χ2v) is 9.85. The van der Waals surface area contributed by atoms with E-state index in [0.29, 0.717) is 11.6 Å². The van der Waals surface area contributed by atoms with Crippen molar-refractivity contribution < 1.29 is 19.7 Å². The summed E-state index contributed by atoms with van der Waals surface area (Å²) < 4.78 is 6.21. The molecule has 4 rings (SSSR count). The molecule has 0 bridgehead atoms. The van der Waals surface area contributed by atoms with Crippen LogP contribution in [0.15, 0.2) is 18.2 Å². The van der Waals surface area contributed by atoms with Crippen LogP contribution in [0.3, 0.4) is 0 Å². The van der Waals surface area contributed by atoms with Gasteiger partial charge in [0, 0.05) is 25.7 Å². The van der Waals surface area contributed by atoms with Crippen LogP contribution in [-0.2, 0) is 4.74 Å². The molecule has 1 aromatic rings. The summed E-state index contributed by atoms with van der Waals surface area (Å²) in [6.45, 7) is 5.11. The van der Waals surface area contributed by atoms with Gasteiger partial charge in [0.1, 0.15) is 5.75 Å². The zero-order valence-electron chi connectivity index (χ0n) is 18.3. The van der Waals surface area contributed by atoms with Crippen LogP contribution in [0.1, 0.15) is 60.9 Å². The van der Waals surface area contributed by atoms with Gasteiger partial charge in [0.15, 0.2) is 0 Å². The third-order valence-corrected chi connectivity index (χ3v) is 7.56. The number of benzene rings is 1. The van der Waals surface area contributed by atoms with Gasteiger partial charge in [-0.2, -0.15) is 0 Å². The monoisotopic (exact) mass is 416 g/mol. The Labute approximate surface area is 179 Å². The molecule has 6 heteroatoms. The van der Waals surface area contributed by atoms with Crippen molar-refractivity contribution in [1.82, 2.24) is 9.80 Å². The summed E-state index contributed by atoms with van der Waals surface area (Å²) in [4.78, 5) is 17.2. The van der Waals surface area contributed by atoms with Crippen molar-refractivity contribution in [3.63, 3.8) is 0 Å². The molecule has 0 radical (unpaired) electrons. The molecule has 6 nitrogen and oxygen atoms in total. The lowest BCUT2D eigenvalue weighted by Gasteiger charge is -2.39. The fourth-order valence-electron chi connectivity index (χ4n) is 5.51.